The van der Waals surface area contributed by atoms with Gasteiger partial charge in [0.2, 0.25) is 5.91 Å². The second-order valence-corrected chi connectivity index (χ2v) is 6.96. The number of ether oxygens (including phenoxy) is 1. The SMILES string of the molecule is Cc1cccc2c(=O)n(CCC(=O)N3CCO[C@@H]4CCC[C@@H]43)cnc12. The van der Waals surface area contributed by atoms with Crippen molar-refractivity contribution in [2.45, 2.75) is 51.3 Å². The molecule has 0 N–H and O–H groups in total. The Morgan fingerprint density at radius 2 is 2.24 bits per heavy atom. The van der Waals surface area contributed by atoms with E-state index in [4.69, 9.17) is 4.74 Å². The van der Waals surface area contributed by atoms with Gasteiger partial charge < -0.3 is 9.64 Å². The van der Waals surface area contributed by atoms with Crippen LogP contribution in [0.2, 0.25) is 0 Å². The number of aryl methyl sites for hydroxylation is 2. The molecule has 1 aromatic heterocycles. The van der Waals surface area contributed by atoms with Crippen LogP contribution in [-0.4, -0.2) is 45.7 Å². The molecule has 0 radical (unpaired) electrons. The fourth-order valence-electron chi connectivity index (χ4n) is 4.09. The number of hydrogen-bond donors (Lipinski definition) is 0. The van der Waals surface area contributed by atoms with Crippen LogP contribution < -0.4 is 5.56 Å². The highest BCUT2D eigenvalue weighted by atomic mass is 16.5. The second kappa shape index (κ2) is 6.59. The molecule has 6 nitrogen and oxygen atoms in total. The van der Waals surface area contributed by atoms with Gasteiger partial charge in [0.25, 0.3) is 5.56 Å². The number of amides is 1. The zero-order valence-corrected chi connectivity index (χ0v) is 14.5. The number of benzene rings is 1. The van der Waals surface area contributed by atoms with Gasteiger partial charge >= 0.3 is 0 Å². The predicted octanol–water partition coefficient (Wildman–Crippen LogP) is 1.87. The first-order valence-electron chi connectivity index (χ1n) is 9.01. The van der Waals surface area contributed by atoms with Crippen LogP contribution in [0.3, 0.4) is 0 Å². The number of carbonyl (C=O) groups is 1. The molecule has 1 aromatic carbocycles. The summed E-state index contributed by atoms with van der Waals surface area (Å²) in [5, 5.41) is 0.608. The van der Waals surface area contributed by atoms with Crippen molar-refractivity contribution in [3.8, 4) is 0 Å². The fourth-order valence-corrected chi connectivity index (χ4v) is 4.09. The van der Waals surface area contributed by atoms with E-state index < -0.39 is 0 Å². The van der Waals surface area contributed by atoms with E-state index >= 15 is 0 Å². The molecule has 2 aromatic rings. The Kier molecular flexibility index (Phi) is 4.29. The largest absolute Gasteiger partial charge is 0.374 e. The van der Waals surface area contributed by atoms with Crippen molar-refractivity contribution in [1.82, 2.24) is 14.5 Å². The van der Waals surface area contributed by atoms with Gasteiger partial charge in [-0.2, -0.15) is 0 Å². The summed E-state index contributed by atoms with van der Waals surface area (Å²) in [5.41, 5.74) is 1.64. The molecule has 1 aliphatic heterocycles. The lowest BCUT2D eigenvalue weighted by atomic mass is 10.1. The number of para-hydroxylation sites is 1. The van der Waals surface area contributed by atoms with Crippen LogP contribution in [0.25, 0.3) is 10.9 Å². The van der Waals surface area contributed by atoms with Crippen molar-refractivity contribution in [2.75, 3.05) is 13.2 Å². The summed E-state index contributed by atoms with van der Waals surface area (Å²) in [5.74, 6) is 0.108. The number of aromatic nitrogens is 2. The molecule has 2 atom stereocenters. The van der Waals surface area contributed by atoms with E-state index in [0.717, 1.165) is 30.3 Å². The van der Waals surface area contributed by atoms with Crippen LogP contribution in [-0.2, 0) is 16.1 Å². The number of hydrogen-bond acceptors (Lipinski definition) is 4. The lowest BCUT2D eigenvalue weighted by Gasteiger charge is -2.37. The third kappa shape index (κ3) is 2.95. The maximum absolute atomic E-state index is 12.7. The average Bonchev–Trinajstić information content (AvgIpc) is 3.10. The number of carbonyl (C=O) groups excluding carboxylic acids is 1. The van der Waals surface area contributed by atoms with E-state index in [2.05, 4.69) is 4.98 Å². The first kappa shape index (κ1) is 16.3. The molecule has 132 valence electrons. The van der Waals surface area contributed by atoms with Gasteiger partial charge in [-0.25, -0.2) is 4.98 Å². The van der Waals surface area contributed by atoms with Crippen LogP contribution in [0.4, 0.5) is 0 Å². The second-order valence-electron chi connectivity index (χ2n) is 6.96. The Morgan fingerprint density at radius 1 is 1.36 bits per heavy atom. The molecule has 4 rings (SSSR count). The highest BCUT2D eigenvalue weighted by molar-refractivity contribution is 5.80. The first-order valence-corrected chi connectivity index (χ1v) is 9.01. The summed E-state index contributed by atoms with van der Waals surface area (Å²) in [6.07, 6.45) is 5.26. The Balaban J connectivity index is 1.49. The van der Waals surface area contributed by atoms with Crippen molar-refractivity contribution in [3.05, 3.63) is 40.4 Å². The minimum Gasteiger partial charge on any atom is -0.374 e. The van der Waals surface area contributed by atoms with Crippen molar-refractivity contribution in [2.24, 2.45) is 0 Å². The molecular weight excluding hydrogens is 318 g/mol. The van der Waals surface area contributed by atoms with E-state index in [1.54, 1.807) is 17.0 Å². The number of rotatable bonds is 3. The van der Waals surface area contributed by atoms with Gasteiger partial charge in [0.15, 0.2) is 0 Å². The smallest absolute Gasteiger partial charge is 0.261 e. The summed E-state index contributed by atoms with van der Waals surface area (Å²) in [4.78, 5) is 31.7. The summed E-state index contributed by atoms with van der Waals surface area (Å²) < 4.78 is 7.31. The third-order valence-electron chi connectivity index (χ3n) is 5.42. The third-order valence-corrected chi connectivity index (χ3v) is 5.42. The highest BCUT2D eigenvalue weighted by Gasteiger charge is 2.38. The van der Waals surface area contributed by atoms with Crippen LogP contribution in [0.1, 0.15) is 31.2 Å². The Labute approximate surface area is 146 Å². The van der Waals surface area contributed by atoms with Crippen molar-refractivity contribution < 1.29 is 9.53 Å². The lowest BCUT2D eigenvalue weighted by Crippen LogP contribution is -2.51. The Morgan fingerprint density at radius 3 is 3.12 bits per heavy atom. The monoisotopic (exact) mass is 341 g/mol. The summed E-state index contributed by atoms with van der Waals surface area (Å²) in [6.45, 7) is 3.58. The number of fused-ring (bicyclic) bond motifs is 2. The highest BCUT2D eigenvalue weighted by Crippen LogP contribution is 2.30. The minimum absolute atomic E-state index is 0.0813. The maximum Gasteiger partial charge on any atom is 0.261 e. The van der Waals surface area contributed by atoms with Gasteiger partial charge in [-0.15, -0.1) is 0 Å². The van der Waals surface area contributed by atoms with E-state index in [1.165, 1.54) is 0 Å². The van der Waals surface area contributed by atoms with Gasteiger partial charge in [0, 0.05) is 19.5 Å². The summed E-state index contributed by atoms with van der Waals surface area (Å²) >= 11 is 0. The Bertz CT molecular complexity index is 861. The van der Waals surface area contributed by atoms with E-state index in [1.807, 2.05) is 24.0 Å². The molecule has 1 amide bonds. The standard InChI is InChI=1S/C19H23N3O3/c1-13-4-2-5-14-18(13)20-12-21(19(14)24)9-8-17(23)22-10-11-25-16-7-3-6-15(16)22/h2,4-5,12,15-16H,3,6-11H2,1H3/t15-,16+/m0/s1. The van der Waals surface area contributed by atoms with E-state index in [-0.39, 0.29) is 23.6 Å². The zero-order chi connectivity index (χ0) is 17.4. The van der Waals surface area contributed by atoms with Gasteiger partial charge in [-0.3, -0.25) is 14.2 Å². The topological polar surface area (TPSA) is 64.4 Å². The first-order chi connectivity index (χ1) is 12.1. The molecule has 2 fully saturated rings. The molecule has 2 heterocycles. The molecule has 0 bridgehead atoms. The molecule has 2 aliphatic rings. The van der Waals surface area contributed by atoms with Crippen molar-refractivity contribution in [3.63, 3.8) is 0 Å². The minimum atomic E-state index is -0.0813. The van der Waals surface area contributed by atoms with Gasteiger partial charge in [-0.05, 0) is 37.8 Å². The molecule has 1 saturated carbocycles. The van der Waals surface area contributed by atoms with Crippen molar-refractivity contribution >= 4 is 16.8 Å². The number of nitrogens with zero attached hydrogens (tertiary/aromatic N) is 3. The normalized spacial score (nSPS) is 23.0. The van der Waals surface area contributed by atoms with Crippen LogP contribution in [0.15, 0.2) is 29.3 Å². The predicted molar refractivity (Wildman–Crippen MR) is 94.4 cm³/mol. The van der Waals surface area contributed by atoms with Crippen LogP contribution in [0, 0.1) is 6.92 Å². The molecule has 1 aliphatic carbocycles. The average molecular weight is 341 g/mol. The number of morpholine rings is 1. The molecule has 0 unspecified atom stereocenters. The molecule has 25 heavy (non-hydrogen) atoms. The molecule has 6 heteroatoms. The van der Waals surface area contributed by atoms with Crippen LogP contribution >= 0.6 is 0 Å². The summed E-state index contributed by atoms with van der Waals surface area (Å²) in [6, 6.07) is 5.82. The van der Waals surface area contributed by atoms with E-state index in [0.29, 0.717) is 31.5 Å². The fraction of sp³-hybridized carbons (Fsp3) is 0.526. The van der Waals surface area contributed by atoms with Gasteiger partial charge in [-0.1, -0.05) is 12.1 Å². The Hall–Kier alpha value is -2.21. The maximum atomic E-state index is 12.7. The molecular formula is C19H23N3O3. The van der Waals surface area contributed by atoms with Crippen LogP contribution in [0.5, 0.6) is 0 Å². The summed E-state index contributed by atoms with van der Waals surface area (Å²) in [7, 11) is 0. The lowest BCUT2D eigenvalue weighted by molar-refractivity contribution is -0.144. The van der Waals surface area contributed by atoms with Crippen molar-refractivity contribution in [1.29, 1.82) is 0 Å². The zero-order valence-electron chi connectivity index (χ0n) is 14.5. The quantitative estimate of drug-likeness (QED) is 0.855. The molecule has 1 saturated heterocycles. The van der Waals surface area contributed by atoms with Gasteiger partial charge in [0.1, 0.15) is 0 Å². The van der Waals surface area contributed by atoms with E-state index in [9.17, 15) is 9.59 Å². The van der Waals surface area contributed by atoms with Gasteiger partial charge in [0.05, 0.1) is 36.0 Å². The molecule has 0 spiro atoms.